The number of rotatable bonds is 8. The second kappa shape index (κ2) is 9.11. The molecule has 1 aliphatic carbocycles. The zero-order valence-electron chi connectivity index (χ0n) is 17.1. The third-order valence-corrected chi connectivity index (χ3v) is 5.58. The number of amides is 1. The molecule has 156 valence electrons. The minimum Gasteiger partial charge on any atom is -0.494 e. The van der Waals surface area contributed by atoms with Crippen molar-refractivity contribution in [3.63, 3.8) is 0 Å². The van der Waals surface area contributed by atoms with Crippen LogP contribution in [0.5, 0.6) is 5.75 Å². The maximum absolute atomic E-state index is 13.5. The van der Waals surface area contributed by atoms with Gasteiger partial charge in [0.2, 0.25) is 0 Å². The van der Waals surface area contributed by atoms with E-state index in [4.69, 9.17) is 4.74 Å². The number of aryl methyl sites for hydroxylation is 1. The van der Waals surface area contributed by atoms with Gasteiger partial charge in [0.25, 0.3) is 5.91 Å². The smallest absolute Gasteiger partial charge is 0.254 e. The number of carbonyl (C=O) groups is 1. The highest BCUT2D eigenvalue weighted by Crippen LogP contribution is 2.30. The molecule has 4 rings (SSSR count). The van der Waals surface area contributed by atoms with E-state index in [2.05, 4.69) is 5.10 Å². The average molecular weight is 407 g/mol. The van der Waals surface area contributed by atoms with Crippen LogP contribution < -0.4 is 4.74 Å². The van der Waals surface area contributed by atoms with E-state index in [-0.39, 0.29) is 17.8 Å². The Labute approximate surface area is 176 Å². The summed E-state index contributed by atoms with van der Waals surface area (Å²) in [4.78, 5) is 15.5. The largest absolute Gasteiger partial charge is 0.494 e. The van der Waals surface area contributed by atoms with E-state index in [9.17, 15) is 9.18 Å². The van der Waals surface area contributed by atoms with Crippen LogP contribution in [0.1, 0.15) is 36.0 Å². The molecule has 0 spiro atoms. The Bertz CT molecular complexity index is 996. The standard InChI is InChI=1S/C24H26FN3O2/c1-27-17-18(16-26-27)22-8-2-3-9-23(22)24(29)28(20-6-4-7-20)14-5-15-30-21-12-10-19(25)11-13-21/h2-3,8-13,16-17,20H,4-7,14-15H2,1H3. The van der Waals surface area contributed by atoms with Crippen LogP contribution in [0.4, 0.5) is 4.39 Å². The van der Waals surface area contributed by atoms with E-state index >= 15 is 0 Å². The molecule has 2 aromatic carbocycles. The van der Waals surface area contributed by atoms with E-state index in [0.717, 1.165) is 30.4 Å². The zero-order chi connectivity index (χ0) is 20.9. The van der Waals surface area contributed by atoms with Gasteiger partial charge in [0.1, 0.15) is 11.6 Å². The van der Waals surface area contributed by atoms with Crippen LogP contribution in [0.15, 0.2) is 60.9 Å². The summed E-state index contributed by atoms with van der Waals surface area (Å²) in [6.07, 6.45) is 7.67. The van der Waals surface area contributed by atoms with Crippen LogP contribution in [0, 0.1) is 5.82 Å². The average Bonchev–Trinajstić information content (AvgIpc) is 3.16. The Balaban J connectivity index is 1.45. The second-order valence-electron chi connectivity index (χ2n) is 7.69. The van der Waals surface area contributed by atoms with Gasteiger partial charge in [-0.25, -0.2) is 4.39 Å². The number of halogens is 1. The van der Waals surface area contributed by atoms with Crippen molar-refractivity contribution in [3.05, 3.63) is 72.3 Å². The van der Waals surface area contributed by atoms with Crippen molar-refractivity contribution in [1.29, 1.82) is 0 Å². The second-order valence-corrected chi connectivity index (χ2v) is 7.69. The summed E-state index contributed by atoms with van der Waals surface area (Å²) in [6.45, 7) is 1.11. The lowest BCUT2D eigenvalue weighted by Crippen LogP contribution is -2.45. The predicted octanol–water partition coefficient (Wildman–Crippen LogP) is 4.69. The van der Waals surface area contributed by atoms with Gasteiger partial charge in [0, 0.05) is 37.0 Å². The molecular formula is C24H26FN3O2. The molecule has 1 saturated carbocycles. The Morgan fingerprint density at radius 2 is 1.97 bits per heavy atom. The van der Waals surface area contributed by atoms with Crippen LogP contribution in [-0.4, -0.2) is 39.8 Å². The highest BCUT2D eigenvalue weighted by molar-refractivity contribution is 6.01. The molecule has 1 heterocycles. The molecule has 0 radical (unpaired) electrons. The fraction of sp³-hybridized carbons (Fsp3) is 0.333. The molecule has 0 saturated heterocycles. The molecule has 1 fully saturated rings. The number of hydrogen-bond acceptors (Lipinski definition) is 3. The molecule has 5 nitrogen and oxygen atoms in total. The minimum atomic E-state index is -0.281. The van der Waals surface area contributed by atoms with Gasteiger partial charge in [0.05, 0.1) is 12.8 Å². The van der Waals surface area contributed by atoms with Crippen molar-refractivity contribution >= 4 is 5.91 Å². The van der Waals surface area contributed by atoms with E-state index < -0.39 is 0 Å². The Hall–Kier alpha value is -3.15. The normalized spacial score (nSPS) is 13.7. The highest BCUT2D eigenvalue weighted by atomic mass is 19.1. The molecule has 0 aliphatic heterocycles. The van der Waals surface area contributed by atoms with Gasteiger partial charge < -0.3 is 9.64 Å². The lowest BCUT2D eigenvalue weighted by atomic mass is 9.90. The van der Waals surface area contributed by atoms with E-state index in [1.807, 2.05) is 42.4 Å². The molecular weight excluding hydrogens is 381 g/mol. The maximum atomic E-state index is 13.5. The molecule has 0 N–H and O–H groups in total. The quantitative estimate of drug-likeness (QED) is 0.509. The Morgan fingerprint density at radius 3 is 2.63 bits per heavy atom. The molecule has 3 aromatic rings. The van der Waals surface area contributed by atoms with Gasteiger partial charge in [0.15, 0.2) is 0 Å². The van der Waals surface area contributed by atoms with Gasteiger partial charge in [-0.2, -0.15) is 5.10 Å². The lowest BCUT2D eigenvalue weighted by Gasteiger charge is -2.38. The number of nitrogens with zero attached hydrogens (tertiary/aromatic N) is 3. The zero-order valence-corrected chi connectivity index (χ0v) is 17.1. The first-order chi connectivity index (χ1) is 14.6. The van der Waals surface area contributed by atoms with Gasteiger partial charge >= 0.3 is 0 Å². The molecule has 0 unspecified atom stereocenters. The van der Waals surface area contributed by atoms with Crippen LogP contribution in [0.2, 0.25) is 0 Å². The molecule has 1 aromatic heterocycles. The fourth-order valence-corrected chi connectivity index (χ4v) is 3.74. The van der Waals surface area contributed by atoms with Crippen molar-refractivity contribution < 1.29 is 13.9 Å². The van der Waals surface area contributed by atoms with Crippen molar-refractivity contribution in [1.82, 2.24) is 14.7 Å². The monoisotopic (exact) mass is 407 g/mol. The first kappa shape index (κ1) is 20.1. The van der Waals surface area contributed by atoms with E-state index in [1.54, 1.807) is 23.0 Å². The van der Waals surface area contributed by atoms with Crippen molar-refractivity contribution in [3.8, 4) is 16.9 Å². The number of ether oxygens (including phenoxy) is 1. The molecule has 30 heavy (non-hydrogen) atoms. The van der Waals surface area contributed by atoms with E-state index in [1.165, 1.54) is 12.1 Å². The summed E-state index contributed by atoms with van der Waals surface area (Å²) >= 11 is 0. The SMILES string of the molecule is Cn1cc(-c2ccccc2C(=O)N(CCCOc2ccc(F)cc2)C2CCC2)cn1. The highest BCUT2D eigenvalue weighted by Gasteiger charge is 2.30. The van der Waals surface area contributed by atoms with Gasteiger partial charge in [-0.15, -0.1) is 0 Å². The first-order valence-electron chi connectivity index (χ1n) is 10.4. The predicted molar refractivity (Wildman–Crippen MR) is 114 cm³/mol. The topological polar surface area (TPSA) is 47.4 Å². The summed E-state index contributed by atoms with van der Waals surface area (Å²) < 4.78 is 20.5. The fourth-order valence-electron chi connectivity index (χ4n) is 3.74. The number of aromatic nitrogens is 2. The summed E-state index contributed by atoms with van der Waals surface area (Å²) in [5.74, 6) is 0.414. The summed E-state index contributed by atoms with van der Waals surface area (Å²) in [5, 5.41) is 4.25. The third-order valence-electron chi connectivity index (χ3n) is 5.58. The lowest BCUT2D eigenvalue weighted by molar-refractivity contribution is 0.0566. The summed E-state index contributed by atoms with van der Waals surface area (Å²) in [7, 11) is 1.87. The number of hydrogen-bond donors (Lipinski definition) is 0. The van der Waals surface area contributed by atoms with Gasteiger partial charge in [-0.05, 0) is 61.6 Å². The Morgan fingerprint density at radius 1 is 1.20 bits per heavy atom. The van der Waals surface area contributed by atoms with Crippen molar-refractivity contribution in [2.24, 2.45) is 7.05 Å². The van der Waals surface area contributed by atoms with Gasteiger partial charge in [-0.1, -0.05) is 18.2 Å². The minimum absolute atomic E-state index is 0.0564. The van der Waals surface area contributed by atoms with Crippen LogP contribution in [-0.2, 0) is 7.05 Å². The summed E-state index contributed by atoms with van der Waals surface area (Å²) in [6, 6.07) is 14.0. The summed E-state index contributed by atoms with van der Waals surface area (Å²) in [5.41, 5.74) is 2.55. The van der Waals surface area contributed by atoms with E-state index in [0.29, 0.717) is 30.9 Å². The molecule has 1 aliphatic rings. The Kier molecular flexibility index (Phi) is 6.12. The number of benzene rings is 2. The van der Waals surface area contributed by atoms with Gasteiger partial charge in [-0.3, -0.25) is 9.48 Å². The third kappa shape index (κ3) is 4.53. The van der Waals surface area contributed by atoms with Crippen molar-refractivity contribution in [2.45, 2.75) is 31.7 Å². The molecule has 0 bridgehead atoms. The van der Waals surface area contributed by atoms with Crippen LogP contribution in [0.25, 0.3) is 11.1 Å². The van der Waals surface area contributed by atoms with Crippen molar-refractivity contribution in [2.75, 3.05) is 13.2 Å². The number of carbonyl (C=O) groups excluding carboxylic acids is 1. The van der Waals surface area contributed by atoms with Crippen LogP contribution >= 0.6 is 0 Å². The molecule has 1 amide bonds. The molecule has 6 heteroatoms. The molecule has 0 atom stereocenters. The maximum Gasteiger partial charge on any atom is 0.254 e. The first-order valence-corrected chi connectivity index (χ1v) is 10.4. The van der Waals surface area contributed by atoms with Crippen LogP contribution in [0.3, 0.4) is 0 Å².